The minimum absolute atomic E-state index is 0.343. The summed E-state index contributed by atoms with van der Waals surface area (Å²) < 4.78 is 0. The molecule has 2 aromatic carbocycles. The van der Waals surface area contributed by atoms with Gasteiger partial charge in [0.15, 0.2) is 0 Å². The highest BCUT2D eigenvalue weighted by Crippen LogP contribution is 2.38. The van der Waals surface area contributed by atoms with Gasteiger partial charge in [-0.3, -0.25) is 0 Å². The molecule has 0 bridgehead atoms. The zero-order chi connectivity index (χ0) is 15.6. The minimum Gasteiger partial charge on any atom is -0.478 e. The van der Waals surface area contributed by atoms with E-state index in [1.807, 2.05) is 0 Å². The van der Waals surface area contributed by atoms with E-state index in [0.29, 0.717) is 36.8 Å². The van der Waals surface area contributed by atoms with E-state index in [1.165, 1.54) is 12.1 Å². The number of halogens is 4. The van der Waals surface area contributed by atoms with Gasteiger partial charge < -0.3 is 5.11 Å². The minimum atomic E-state index is -1.05. The van der Waals surface area contributed by atoms with Crippen LogP contribution in [0.5, 0.6) is 0 Å². The van der Waals surface area contributed by atoms with E-state index in [-0.39, 0.29) is 0 Å². The van der Waals surface area contributed by atoms with Crippen molar-refractivity contribution in [2.75, 3.05) is 0 Å². The van der Waals surface area contributed by atoms with Crippen molar-refractivity contribution < 1.29 is 9.90 Å². The molecule has 0 radical (unpaired) electrons. The van der Waals surface area contributed by atoms with E-state index >= 15 is 0 Å². The lowest BCUT2D eigenvalue weighted by Crippen LogP contribution is -1.89. The van der Waals surface area contributed by atoms with Gasteiger partial charge in [0.05, 0.1) is 10.0 Å². The average molecular weight is 362 g/mol. The smallest absolute Gasteiger partial charge is 0.328 e. The highest BCUT2D eigenvalue weighted by molar-refractivity contribution is 6.44. The summed E-state index contributed by atoms with van der Waals surface area (Å²) in [6.07, 6.45) is 2.50. The van der Waals surface area contributed by atoms with E-state index in [0.717, 1.165) is 6.08 Å². The van der Waals surface area contributed by atoms with Gasteiger partial charge in [0.1, 0.15) is 0 Å². The summed E-state index contributed by atoms with van der Waals surface area (Å²) in [5, 5.41) is 10.3. The zero-order valence-electron chi connectivity index (χ0n) is 10.4. The molecule has 0 aliphatic carbocycles. The molecule has 2 aromatic rings. The predicted molar refractivity (Wildman–Crippen MR) is 88.6 cm³/mol. The number of carbonyl (C=O) groups is 1. The van der Waals surface area contributed by atoms with Crippen molar-refractivity contribution in [1.29, 1.82) is 0 Å². The first-order valence-corrected chi connectivity index (χ1v) is 7.25. The lowest BCUT2D eigenvalue weighted by Gasteiger charge is -2.10. The topological polar surface area (TPSA) is 37.3 Å². The number of aliphatic carboxylic acids is 1. The van der Waals surface area contributed by atoms with Crippen LogP contribution < -0.4 is 0 Å². The van der Waals surface area contributed by atoms with Crippen molar-refractivity contribution in [3.05, 3.63) is 62.1 Å². The van der Waals surface area contributed by atoms with Crippen LogP contribution in [0.1, 0.15) is 5.56 Å². The van der Waals surface area contributed by atoms with Crippen LogP contribution >= 0.6 is 46.4 Å². The molecule has 0 atom stereocenters. The Balaban J connectivity index is 2.65. The van der Waals surface area contributed by atoms with Gasteiger partial charge in [-0.15, -0.1) is 0 Å². The Bertz CT molecular complexity index is 739. The second kappa shape index (κ2) is 6.71. The highest BCUT2D eigenvalue weighted by atomic mass is 35.5. The third-order valence-corrected chi connectivity index (χ3v) is 3.99. The largest absolute Gasteiger partial charge is 0.478 e. The van der Waals surface area contributed by atoms with E-state index in [9.17, 15) is 4.79 Å². The van der Waals surface area contributed by atoms with Crippen LogP contribution in [-0.4, -0.2) is 11.1 Å². The molecule has 0 heterocycles. The number of carboxylic acid groups (broad SMARTS) is 1. The molecule has 2 nitrogen and oxygen atoms in total. The summed E-state index contributed by atoms with van der Waals surface area (Å²) in [5.74, 6) is -1.05. The summed E-state index contributed by atoms with van der Waals surface area (Å²) in [5.41, 5.74) is 1.95. The predicted octanol–water partition coefficient (Wildman–Crippen LogP) is 6.07. The van der Waals surface area contributed by atoms with Gasteiger partial charge in [-0.25, -0.2) is 4.79 Å². The monoisotopic (exact) mass is 360 g/mol. The quantitative estimate of drug-likeness (QED) is 0.532. The third-order valence-electron chi connectivity index (χ3n) is 2.72. The Labute approximate surface area is 141 Å². The van der Waals surface area contributed by atoms with Gasteiger partial charge in [-0.05, 0) is 41.5 Å². The Kier molecular flexibility index (Phi) is 5.17. The molecule has 0 aromatic heterocycles. The molecule has 0 amide bonds. The molecule has 1 N–H and O–H groups in total. The first kappa shape index (κ1) is 16.2. The Morgan fingerprint density at radius 3 is 2.24 bits per heavy atom. The number of benzene rings is 2. The van der Waals surface area contributed by atoms with Crippen molar-refractivity contribution in [3.63, 3.8) is 0 Å². The molecule has 6 heteroatoms. The van der Waals surface area contributed by atoms with Crippen LogP contribution in [-0.2, 0) is 4.79 Å². The van der Waals surface area contributed by atoms with Crippen molar-refractivity contribution in [1.82, 2.24) is 0 Å². The Morgan fingerprint density at radius 1 is 0.905 bits per heavy atom. The van der Waals surface area contributed by atoms with Crippen molar-refractivity contribution in [2.24, 2.45) is 0 Å². The van der Waals surface area contributed by atoms with Gasteiger partial charge in [0.2, 0.25) is 0 Å². The standard InChI is InChI=1S/C15H8Cl4O2/c16-9-3-1-8(2-4-15(20)21)10(5-9)11-6-13(18)14(19)7-12(11)17/h1-7H,(H,20,21)/b4-2-. The van der Waals surface area contributed by atoms with Crippen LogP contribution in [0.25, 0.3) is 17.2 Å². The molecule has 2 rings (SSSR count). The SMILES string of the molecule is O=C(O)/C=C\c1ccc(Cl)cc1-c1cc(Cl)c(Cl)cc1Cl. The molecular weight excluding hydrogens is 354 g/mol. The second-order valence-corrected chi connectivity index (χ2v) is 5.81. The van der Waals surface area contributed by atoms with Gasteiger partial charge in [-0.2, -0.15) is 0 Å². The summed E-state index contributed by atoms with van der Waals surface area (Å²) >= 11 is 24.1. The molecule has 0 aliphatic rings. The summed E-state index contributed by atoms with van der Waals surface area (Å²) in [6, 6.07) is 8.21. The van der Waals surface area contributed by atoms with Gasteiger partial charge >= 0.3 is 5.97 Å². The van der Waals surface area contributed by atoms with Gasteiger partial charge in [0.25, 0.3) is 0 Å². The molecule has 21 heavy (non-hydrogen) atoms. The van der Waals surface area contributed by atoms with E-state index in [2.05, 4.69) is 0 Å². The van der Waals surface area contributed by atoms with Crippen molar-refractivity contribution in [2.45, 2.75) is 0 Å². The Morgan fingerprint density at radius 2 is 1.57 bits per heavy atom. The molecule has 0 unspecified atom stereocenters. The fourth-order valence-electron chi connectivity index (χ4n) is 1.80. The summed E-state index contributed by atoms with van der Waals surface area (Å²) in [6.45, 7) is 0. The van der Waals surface area contributed by atoms with E-state index in [1.54, 1.807) is 24.3 Å². The average Bonchev–Trinajstić information content (AvgIpc) is 2.41. The van der Waals surface area contributed by atoms with Crippen LogP contribution in [0, 0.1) is 0 Å². The summed E-state index contributed by atoms with van der Waals surface area (Å²) in [4.78, 5) is 10.7. The van der Waals surface area contributed by atoms with Crippen LogP contribution in [0.3, 0.4) is 0 Å². The lowest BCUT2D eigenvalue weighted by atomic mass is 9.99. The molecule has 0 fully saturated rings. The van der Waals surface area contributed by atoms with Crippen LogP contribution in [0.15, 0.2) is 36.4 Å². The van der Waals surface area contributed by atoms with E-state index < -0.39 is 5.97 Å². The van der Waals surface area contributed by atoms with Crippen LogP contribution in [0.2, 0.25) is 20.1 Å². The molecule has 0 spiro atoms. The number of rotatable bonds is 3. The fourth-order valence-corrected chi connectivity index (χ4v) is 2.62. The van der Waals surface area contributed by atoms with Crippen LogP contribution in [0.4, 0.5) is 0 Å². The normalized spacial score (nSPS) is 11.0. The highest BCUT2D eigenvalue weighted by Gasteiger charge is 2.11. The molecule has 0 saturated carbocycles. The maximum absolute atomic E-state index is 10.7. The number of hydrogen-bond acceptors (Lipinski definition) is 1. The molecular formula is C15H8Cl4O2. The Hall–Kier alpha value is -1.19. The number of hydrogen-bond donors (Lipinski definition) is 1. The van der Waals surface area contributed by atoms with Gasteiger partial charge in [-0.1, -0.05) is 52.5 Å². The molecule has 108 valence electrons. The van der Waals surface area contributed by atoms with Crippen molar-refractivity contribution in [3.8, 4) is 11.1 Å². The lowest BCUT2D eigenvalue weighted by molar-refractivity contribution is -0.131. The van der Waals surface area contributed by atoms with Gasteiger partial charge in [0, 0.05) is 21.7 Å². The zero-order valence-corrected chi connectivity index (χ0v) is 13.4. The maximum atomic E-state index is 10.7. The molecule has 0 aliphatic heterocycles. The first-order chi connectivity index (χ1) is 9.88. The number of carboxylic acids is 1. The third kappa shape index (κ3) is 3.92. The first-order valence-electron chi connectivity index (χ1n) is 5.74. The maximum Gasteiger partial charge on any atom is 0.328 e. The second-order valence-electron chi connectivity index (χ2n) is 4.15. The molecule has 0 saturated heterocycles. The fraction of sp³-hybridized carbons (Fsp3) is 0. The summed E-state index contributed by atoms with van der Waals surface area (Å²) in [7, 11) is 0. The van der Waals surface area contributed by atoms with Crippen molar-refractivity contribution >= 4 is 58.4 Å². The van der Waals surface area contributed by atoms with E-state index in [4.69, 9.17) is 51.5 Å².